The first-order chi connectivity index (χ1) is 8.15. The van der Waals surface area contributed by atoms with Gasteiger partial charge in [0.05, 0.1) is 5.56 Å². The molecular formula is C14H13NaO3. The van der Waals surface area contributed by atoms with Crippen LogP contribution in [0.15, 0.2) is 48.5 Å². The smallest absolute Gasteiger partial charge is 1.00 e. The molecule has 0 fully saturated rings. The predicted octanol–water partition coefficient (Wildman–Crippen LogP) is 0.602. The fourth-order valence-electron chi connectivity index (χ4n) is 1.44. The molecule has 0 aliphatic rings. The van der Waals surface area contributed by atoms with Crippen LogP contribution in [0.5, 0.6) is 11.5 Å². The molecular weight excluding hydrogens is 239 g/mol. The van der Waals surface area contributed by atoms with Crippen molar-refractivity contribution in [3.63, 3.8) is 0 Å². The van der Waals surface area contributed by atoms with Crippen LogP contribution < -0.4 is 34.3 Å². The summed E-state index contributed by atoms with van der Waals surface area (Å²) >= 11 is 0. The number of hydrogen-bond donors (Lipinski definition) is 1. The van der Waals surface area contributed by atoms with Crippen molar-refractivity contribution in [3.8, 4) is 11.5 Å². The topological polar surface area (TPSA) is 46.5 Å². The van der Waals surface area contributed by atoms with Crippen molar-refractivity contribution in [2.24, 2.45) is 0 Å². The van der Waals surface area contributed by atoms with Crippen molar-refractivity contribution < 1.29 is 45.6 Å². The van der Waals surface area contributed by atoms with Crippen molar-refractivity contribution in [1.82, 2.24) is 0 Å². The zero-order chi connectivity index (χ0) is 12.3. The molecule has 0 aromatic heterocycles. The molecule has 88 valence electrons. The molecule has 2 aromatic carbocycles. The van der Waals surface area contributed by atoms with Crippen LogP contribution >= 0.6 is 0 Å². The first kappa shape index (κ1) is 14.8. The third-order valence-electron chi connectivity index (χ3n) is 2.34. The van der Waals surface area contributed by atoms with Gasteiger partial charge >= 0.3 is 35.5 Å². The Kier molecular flexibility index (Phi) is 5.41. The average molecular weight is 252 g/mol. The third-order valence-corrected chi connectivity index (χ3v) is 2.34. The van der Waals surface area contributed by atoms with E-state index in [1.54, 1.807) is 12.1 Å². The Hall–Kier alpha value is -1.29. The summed E-state index contributed by atoms with van der Waals surface area (Å²) in [6.07, 6.45) is 0. The molecule has 0 heterocycles. The summed E-state index contributed by atoms with van der Waals surface area (Å²) in [5, 5.41) is 8.86. The predicted molar refractivity (Wildman–Crippen MR) is 65.8 cm³/mol. The Morgan fingerprint density at radius 2 is 1.78 bits per heavy atom. The number of ether oxygens (including phenoxy) is 1. The molecule has 0 atom stereocenters. The molecule has 0 bridgehead atoms. The molecule has 18 heavy (non-hydrogen) atoms. The van der Waals surface area contributed by atoms with Gasteiger partial charge in [-0.15, -0.1) is 0 Å². The molecule has 2 rings (SSSR count). The largest absolute Gasteiger partial charge is 1.00 e. The summed E-state index contributed by atoms with van der Waals surface area (Å²) in [5.41, 5.74) is 1.37. The van der Waals surface area contributed by atoms with Crippen molar-refractivity contribution in [2.75, 3.05) is 0 Å². The Balaban J connectivity index is 0.00000162. The molecule has 4 heteroatoms. The fourth-order valence-corrected chi connectivity index (χ4v) is 1.44. The van der Waals surface area contributed by atoms with E-state index in [0.29, 0.717) is 11.5 Å². The van der Waals surface area contributed by atoms with E-state index < -0.39 is 5.97 Å². The molecule has 0 saturated heterocycles. The van der Waals surface area contributed by atoms with Crippen LogP contribution in [0.2, 0.25) is 0 Å². The zero-order valence-corrected chi connectivity index (χ0v) is 12.4. The first-order valence-electron chi connectivity index (χ1n) is 5.23. The van der Waals surface area contributed by atoms with E-state index in [1.807, 2.05) is 31.2 Å². The van der Waals surface area contributed by atoms with Crippen LogP contribution in [0.4, 0.5) is 0 Å². The maximum absolute atomic E-state index is 10.8. The van der Waals surface area contributed by atoms with Crippen LogP contribution in [0.1, 0.15) is 17.3 Å². The molecule has 0 spiro atoms. The minimum Gasteiger partial charge on any atom is -1.00 e. The summed E-state index contributed by atoms with van der Waals surface area (Å²) in [6, 6.07) is 14.0. The minimum absolute atomic E-state index is 0. The van der Waals surface area contributed by atoms with Crippen LogP contribution in [0.3, 0.4) is 0 Å². The molecule has 0 radical (unpaired) electrons. The minimum atomic E-state index is -0.959. The normalized spacial score (nSPS) is 9.39. The summed E-state index contributed by atoms with van der Waals surface area (Å²) in [4.78, 5) is 10.8. The van der Waals surface area contributed by atoms with Gasteiger partial charge in [0.2, 0.25) is 0 Å². The number of carboxylic acid groups (broad SMARTS) is 1. The van der Waals surface area contributed by atoms with E-state index in [0.717, 1.165) is 5.56 Å². The number of benzene rings is 2. The number of rotatable bonds is 3. The second kappa shape index (κ2) is 6.59. The van der Waals surface area contributed by atoms with Gasteiger partial charge in [-0.05, 0) is 37.3 Å². The number of carboxylic acids is 1. The molecule has 0 unspecified atom stereocenters. The average Bonchev–Trinajstić information content (AvgIpc) is 2.32. The van der Waals surface area contributed by atoms with E-state index in [9.17, 15) is 4.79 Å². The summed E-state index contributed by atoms with van der Waals surface area (Å²) in [6.45, 7) is 1.99. The Labute approximate surface area is 129 Å². The Morgan fingerprint density at radius 1 is 1.11 bits per heavy atom. The van der Waals surface area contributed by atoms with E-state index in [4.69, 9.17) is 9.84 Å². The van der Waals surface area contributed by atoms with Crippen LogP contribution in [-0.2, 0) is 0 Å². The maximum atomic E-state index is 10.8. The van der Waals surface area contributed by atoms with Crippen molar-refractivity contribution in [1.29, 1.82) is 0 Å². The van der Waals surface area contributed by atoms with Crippen LogP contribution in [0.25, 0.3) is 0 Å². The van der Waals surface area contributed by atoms with E-state index in [1.165, 1.54) is 12.1 Å². The third kappa shape index (κ3) is 3.88. The Bertz CT molecular complexity index is 541. The standard InChI is InChI=1S/C14H12O3.Na.H/c1-10-5-7-12(8-6-10)17-13-4-2-3-11(9-13)14(15)16;;/h2-9H,1H3,(H,15,16);;/q;+1;-1. The van der Waals surface area contributed by atoms with Gasteiger partial charge in [-0.1, -0.05) is 23.8 Å². The molecule has 1 N–H and O–H groups in total. The van der Waals surface area contributed by atoms with Gasteiger partial charge in [-0.25, -0.2) is 4.79 Å². The zero-order valence-electron chi connectivity index (χ0n) is 11.4. The van der Waals surface area contributed by atoms with Gasteiger partial charge < -0.3 is 11.3 Å². The number of aryl methyl sites for hydroxylation is 1. The van der Waals surface area contributed by atoms with Crippen LogP contribution in [-0.4, -0.2) is 11.1 Å². The number of carbonyl (C=O) groups is 1. The summed E-state index contributed by atoms with van der Waals surface area (Å²) in [7, 11) is 0. The fraction of sp³-hybridized carbons (Fsp3) is 0.0714. The molecule has 0 amide bonds. The molecule has 3 nitrogen and oxygen atoms in total. The Morgan fingerprint density at radius 3 is 2.39 bits per heavy atom. The van der Waals surface area contributed by atoms with Gasteiger partial charge in [0.1, 0.15) is 11.5 Å². The molecule has 0 aliphatic heterocycles. The van der Waals surface area contributed by atoms with Crippen molar-refractivity contribution in [2.45, 2.75) is 6.92 Å². The van der Waals surface area contributed by atoms with Crippen molar-refractivity contribution in [3.05, 3.63) is 59.7 Å². The molecule has 2 aromatic rings. The van der Waals surface area contributed by atoms with Crippen LogP contribution in [0, 0.1) is 6.92 Å². The molecule has 0 aliphatic carbocycles. The van der Waals surface area contributed by atoms with Gasteiger partial charge in [0.25, 0.3) is 0 Å². The van der Waals surface area contributed by atoms with E-state index >= 15 is 0 Å². The summed E-state index contributed by atoms with van der Waals surface area (Å²) < 4.78 is 5.56. The second-order valence-corrected chi connectivity index (χ2v) is 3.75. The SMILES string of the molecule is Cc1ccc(Oc2cccc(C(=O)O)c2)cc1.[H-].[Na+]. The maximum Gasteiger partial charge on any atom is 1.00 e. The van der Waals surface area contributed by atoms with Gasteiger partial charge in [-0.2, -0.15) is 0 Å². The van der Waals surface area contributed by atoms with E-state index in [2.05, 4.69) is 0 Å². The number of hydrogen-bond acceptors (Lipinski definition) is 2. The summed E-state index contributed by atoms with van der Waals surface area (Å²) in [5.74, 6) is 0.256. The quantitative estimate of drug-likeness (QED) is 0.814. The van der Waals surface area contributed by atoms with Gasteiger partial charge in [-0.3, -0.25) is 0 Å². The first-order valence-corrected chi connectivity index (χ1v) is 5.23. The van der Waals surface area contributed by atoms with Crippen molar-refractivity contribution >= 4 is 5.97 Å². The van der Waals surface area contributed by atoms with Gasteiger partial charge in [0.15, 0.2) is 0 Å². The van der Waals surface area contributed by atoms with E-state index in [-0.39, 0.29) is 36.5 Å². The van der Waals surface area contributed by atoms with Gasteiger partial charge in [0, 0.05) is 0 Å². The monoisotopic (exact) mass is 252 g/mol. The number of aromatic carboxylic acids is 1. The second-order valence-electron chi connectivity index (χ2n) is 3.75. The molecule has 0 saturated carbocycles.